The Bertz CT molecular complexity index is 501. The molecule has 1 aromatic carbocycles. The molecule has 0 aliphatic heterocycles. The lowest BCUT2D eigenvalue weighted by Gasteiger charge is -2.05. The quantitative estimate of drug-likeness (QED) is 0.805. The van der Waals surface area contributed by atoms with E-state index in [-0.39, 0.29) is 11.7 Å². The van der Waals surface area contributed by atoms with Crippen LogP contribution in [-0.4, -0.2) is 5.78 Å². The molecule has 1 heterocycles. The first-order valence-corrected chi connectivity index (χ1v) is 5.95. The maximum absolute atomic E-state index is 12.1. The highest BCUT2D eigenvalue weighted by atomic mass is 16.3. The SMILES string of the molecule is O=C(Cc1ccco1)C1Cc2ccccc2C1. The Morgan fingerprint density at radius 2 is 1.82 bits per heavy atom. The molecule has 1 aromatic heterocycles. The van der Waals surface area contributed by atoms with Gasteiger partial charge in [-0.05, 0) is 36.1 Å². The fraction of sp³-hybridized carbons (Fsp3) is 0.267. The summed E-state index contributed by atoms with van der Waals surface area (Å²) >= 11 is 0. The van der Waals surface area contributed by atoms with E-state index in [1.54, 1.807) is 6.26 Å². The third kappa shape index (κ3) is 2.03. The van der Waals surface area contributed by atoms with Gasteiger partial charge in [0.2, 0.25) is 0 Å². The highest BCUT2D eigenvalue weighted by molar-refractivity contribution is 5.84. The third-order valence-corrected chi connectivity index (χ3v) is 3.43. The van der Waals surface area contributed by atoms with E-state index in [0.717, 1.165) is 18.6 Å². The number of Topliss-reactive ketones (excluding diaryl/α,β-unsaturated/α-hetero) is 1. The second kappa shape index (κ2) is 4.21. The van der Waals surface area contributed by atoms with Crippen molar-refractivity contribution in [2.24, 2.45) is 5.92 Å². The fourth-order valence-electron chi connectivity index (χ4n) is 2.52. The maximum Gasteiger partial charge on any atom is 0.144 e. The maximum atomic E-state index is 12.1. The molecule has 1 aliphatic carbocycles. The molecule has 0 spiro atoms. The average Bonchev–Trinajstić information content (AvgIpc) is 2.96. The van der Waals surface area contributed by atoms with Crippen LogP contribution in [0.25, 0.3) is 0 Å². The molecule has 0 radical (unpaired) electrons. The second-order valence-corrected chi connectivity index (χ2v) is 4.60. The topological polar surface area (TPSA) is 30.2 Å². The molecule has 0 amide bonds. The summed E-state index contributed by atoms with van der Waals surface area (Å²) in [4.78, 5) is 12.1. The van der Waals surface area contributed by atoms with Gasteiger partial charge in [0.05, 0.1) is 12.7 Å². The molecule has 0 saturated carbocycles. The Morgan fingerprint density at radius 3 is 2.41 bits per heavy atom. The Kier molecular flexibility index (Phi) is 2.56. The van der Waals surface area contributed by atoms with Crippen molar-refractivity contribution in [1.29, 1.82) is 0 Å². The van der Waals surface area contributed by atoms with Crippen LogP contribution in [0.5, 0.6) is 0 Å². The molecule has 3 rings (SSSR count). The molecular formula is C15H14O2. The minimum atomic E-state index is 0.137. The molecule has 0 bridgehead atoms. The monoisotopic (exact) mass is 226 g/mol. The van der Waals surface area contributed by atoms with Crippen LogP contribution in [0.2, 0.25) is 0 Å². The van der Waals surface area contributed by atoms with Gasteiger partial charge in [0.15, 0.2) is 0 Å². The average molecular weight is 226 g/mol. The van der Waals surface area contributed by atoms with Crippen LogP contribution in [0, 0.1) is 5.92 Å². The molecule has 1 aliphatic rings. The summed E-state index contributed by atoms with van der Waals surface area (Å²) < 4.78 is 5.22. The zero-order valence-corrected chi connectivity index (χ0v) is 9.56. The predicted octanol–water partition coefficient (Wildman–Crippen LogP) is 2.81. The molecule has 86 valence electrons. The van der Waals surface area contributed by atoms with Gasteiger partial charge < -0.3 is 4.42 Å². The van der Waals surface area contributed by atoms with Gasteiger partial charge in [0.1, 0.15) is 11.5 Å². The van der Waals surface area contributed by atoms with Crippen molar-refractivity contribution in [2.75, 3.05) is 0 Å². The van der Waals surface area contributed by atoms with E-state index in [4.69, 9.17) is 4.42 Å². The van der Waals surface area contributed by atoms with Crippen LogP contribution in [0.4, 0.5) is 0 Å². The van der Waals surface area contributed by atoms with Crippen LogP contribution in [0.3, 0.4) is 0 Å². The number of carbonyl (C=O) groups excluding carboxylic acids is 1. The molecule has 0 N–H and O–H groups in total. The van der Waals surface area contributed by atoms with Crippen molar-refractivity contribution in [3.05, 3.63) is 59.5 Å². The number of ketones is 1. The number of benzene rings is 1. The number of furan rings is 1. The largest absolute Gasteiger partial charge is 0.469 e. The molecule has 17 heavy (non-hydrogen) atoms. The summed E-state index contributed by atoms with van der Waals surface area (Å²) in [6, 6.07) is 12.0. The first-order valence-electron chi connectivity index (χ1n) is 5.95. The molecule has 0 saturated heterocycles. The molecule has 0 fully saturated rings. The zero-order chi connectivity index (χ0) is 11.7. The molecular weight excluding hydrogens is 212 g/mol. The lowest BCUT2D eigenvalue weighted by molar-refractivity contribution is -0.122. The summed E-state index contributed by atoms with van der Waals surface area (Å²) in [6.45, 7) is 0. The third-order valence-electron chi connectivity index (χ3n) is 3.43. The normalized spacial score (nSPS) is 14.8. The Balaban J connectivity index is 1.70. The minimum Gasteiger partial charge on any atom is -0.469 e. The molecule has 0 unspecified atom stereocenters. The lowest BCUT2D eigenvalue weighted by Crippen LogP contribution is -2.16. The van der Waals surface area contributed by atoms with Crippen LogP contribution in [0.15, 0.2) is 47.1 Å². The van der Waals surface area contributed by atoms with E-state index in [2.05, 4.69) is 12.1 Å². The fourth-order valence-corrected chi connectivity index (χ4v) is 2.52. The molecule has 2 heteroatoms. The first-order chi connectivity index (χ1) is 8.33. The van der Waals surface area contributed by atoms with E-state index in [9.17, 15) is 4.79 Å². The van der Waals surface area contributed by atoms with E-state index in [1.807, 2.05) is 24.3 Å². The van der Waals surface area contributed by atoms with Crippen molar-refractivity contribution in [2.45, 2.75) is 19.3 Å². The van der Waals surface area contributed by atoms with Gasteiger partial charge in [-0.3, -0.25) is 4.79 Å². The van der Waals surface area contributed by atoms with Crippen molar-refractivity contribution >= 4 is 5.78 Å². The van der Waals surface area contributed by atoms with Crippen molar-refractivity contribution in [1.82, 2.24) is 0 Å². The molecule has 2 aromatic rings. The van der Waals surface area contributed by atoms with Gasteiger partial charge in [0, 0.05) is 5.92 Å². The van der Waals surface area contributed by atoms with Gasteiger partial charge in [0.25, 0.3) is 0 Å². The van der Waals surface area contributed by atoms with E-state index >= 15 is 0 Å². The Morgan fingerprint density at radius 1 is 1.12 bits per heavy atom. The van der Waals surface area contributed by atoms with Crippen molar-refractivity contribution in [3.63, 3.8) is 0 Å². The minimum absolute atomic E-state index is 0.137. The first kappa shape index (κ1) is 10.3. The number of rotatable bonds is 3. The van der Waals surface area contributed by atoms with Gasteiger partial charge >= 0.3 is 0 Å². The van der Waals surface area contributed by atoms with Crippen molar-refractivity contribution in [3.8, 4) is 0 Å². The summed E-state index contributed by atoms with van der Waals surface area (Å²) in [5.74, 6) is 1.19. The highest BCUT2D eigenvalue weighted by Crippen LogP contribution is 2.27. The number of fused-ring (bicyclic) bond motifs is 1. The number of carbonyl (C=O) groups is 1. The van der Waals surface area contributed by atoms with Gasteiger partial charge in [-0.25, -0.2) is 0 Å². The van der Waals surface area contributed by atoms with E-state index in [1.165, 1.54) is 11.1 Å². The molecule has 0 atom stereocenters. The van der Waals surface area contributed by atoms with Crippen LogP contribution < -0.4 is 0 Å². The standard InChI is InChI=1S/C15H14O2/c16-15(10-14-6-3-7-17-14)13-8-11-4-1-2-5-12(11)9-13/h1-7,13H,8-10H2. The van der Waals surface area contributed by atoms with Crippen LogP contribution in [0.1, 0.15) is 16.9 Å². The van der Waals surface area contributed by atoms with E-state index in [0.29, 0.717) is 6.42 Å². The second-order valence-electron chi connectivity index (χ2n) is 4.60. The van der Waals surface area contributed by atoms with Crippen LogP contribution >= 0.6 is 0 Å². The van der Waals surface area contributed by atoms with E-state index < -0.39 is 0 Å². The smallest absolute Gasteiger partial charge is 0.144 e. The molecule has 2 nitrogen and oxygen atoms in total. The number of hydrogen-bond donors (Lipinski definition) is 0. The summed E-state index contributed by atoms with van der Waals surface area (Å²) in [5, 5.41) is 0. The summed E-state index contributed by atoms with van der Waals surface area (Å²) in [6.07, 6.45) is 3.81. The lowest BCUT2D eigenvalue weighted by atomic mass is 9.98. The Labute approximate surface area is 100 Å². The Hall–Kier alpha value is -1.83. The highest BCUT2D eigenvalue weighted by Gasteiger charge is 2.27. The van der Waals surface area contributed by atoms with Gasteiger partial charge in [-0.1, -0.05) is 24.3 Å². The predicted molar refractivity (Wildman–Crippen MR) is 64.8 cm³/mol. The van der Waals surface area contributed by atoms with Crippen LogP contribution in [-0.2, 0) is 24.1 Å². The number of hydrogen-bond acceptors (Lipinski definition) is 2. The summed E-state index contributed by atoms with van der Waals surface area (Å²) in [7, 11) is 0. The van der Waals surface area contributed by atoms with Gasteiger partial charge in [-0.15, -0.1) is 0 Å². The zero-order valence-electron chi connectivity index (χ0n) is 9.56. The summed E-state index contributed by atoms with van der Waals surface area (Å²) in [5.41, 5.74) is 2.65. The van der Waals surface area contributed by atoms with Gasteiger partial charge in [-0.2, -0.15) is 0 Å². The van der Waals surface area contributed by atoms with Crippen molar-refractivity contribution < 1.29 is 9.21 Å².